The van der Waals surface area contributed by atoms with Crippen LogP contribution in [0.4, 0.5) is 0 Å². The molecule has 0 bridgehead atoms. The van der Waals surface area contributed by atoms with E-state index in [9.17, 15) is 4.79 Å². The summed E-state index contributed by atoms with van der Waals surface area (Å²) in [6.45, 7) is 4.64. The van der Waals surface area contributed by atoms with Crippen LogP contribution in [0, 0.1) is 24.7 Å². The van der Waals surface area contributed by atoms with Crippen molar-refractivity contribution in [1.82, 2.24) is 4.90 Å². The van der Waals surface area contributed by atoms with Crippen LogP contribution >= 0.6 is 11.3 Å². The third-order valence-electron chi connectivity index (χ3n) is 7.65. The SMILES string of the molecule is C#C.O=C(OCCN1CCOCC1)c1ccc(CCC[C@H]2CCCC2/C=C/CCCC2=CC=CC=CC2)s1. The average Bonchev–Trinajstić information content (AvgIpc) is 3.53. The number of hydrogen-bond donors (Lipinski definition) is 0. The van der Waals surface area contributed by atoms with Crippen LogP contribution in [-0.2, 0) is 15.9 Å². The van der Waals surface area contributed by atoms with Gasteiger partial charge in [-0.05, 0) is 81.8 Å². The Morgan fingerprint density at radius 2 is 1.97 bits per heavy atom. The highest BCUT2D eigenvalue weighted by Gasteiger charge is 2.24. The van der Waals surface area contributed by atoms with Crippen LogP contribution in [0.15, 0.2) is 60.2 Å². The van der Waals surface area contributed by atoms with Crippen LogP contribution < -0.4 is 0 Å². The predicted molar refractivity (Wildman–Crippen MR) is 159 cm³/mol. The molecule has 4 rings (SSSR count). The van der Waals surface area contributed by atoms with Crippen LogP contribution in [0.25, 0.3) is 0 Å². The highest BCUT2D eigenvalue weighted by molar-refractivity contribution is 7.13. The monoisotopic (exact) mass is 535 g/mol. The topological polar surface area (TPSA) is 38.8 Å². The molecule has 4 nitrogen and oxygen atoms in total. The van der Waals surface area contributed by atoms with Crippen molar-refractivity contribution in [3.63, 3.8) is 0 Å². The lowest BCUT2D eigenvalue weighted by Gasteiger charge is -2.26. The quantitative estimate of drug-likeness (QED) is 0.114. The summed E-state index contributed by atoms with van der Waals surface area (Å²) < 4.78 is 10.9. The van der Waals surface area contributed by atoms with E-state index in [-0.39, 0.29) is 5.97 Å². The van der Waals surface area contributed by atoms with Gasteiger partial charge >= 0.3 is 5.97 Å². The Bertz CT molecular complexity index is 964. The highest BCUT2D eigenvalue weighted by atomic mass is 32.1. The molecule has 0 radical (unpaired) electrons. The van der Waals surface area contributed by atoms with E-state index in [0.717, 1.165) is 62.4 Å². The molecule has 0 amide bonds. The highest BCUT2D eigenvalue weighted by Crippen LogP contribution is 2.36. The maximum Gasteiger partial charge on any atom is 0.348 e. The second-order valence-electron chi connectivity index (χ2n) is 10.3. The van der Waals surface area contributed by atoms with Gasteiger partial charge in [-0.2, -0.15) is 0 Å². The minimum atomic E-state index is -0.177. The second-order valence-corrected chi connectivity index (χ2v) is 11.4. The van der Waals surface area contributed by atoms with Gasteiger partial charge in [0.15, 0.2) is 0 Å². The minimum absolute atomic E-state index is 0.177. The maximum atomic E-state index is 12.4. The van der Waals surface area contributed by atoms with Gasteiger partial charge in [0.05, 0.1) is 13.2 Å². The molecule has 1 saturated heterocycles. The fourth-order valence-electron chi connectivity index (χ4n) is 5.53. The summed E-state index contributed by atoms with van der Waals surface area (Å²) in [6.07, 6.45) is 36.3. The normalized spacial score (nSPS) is 21.6. The molecule has 0 N–H and O–H groups in total. The first-order valence-electron chi connectivity index (χ1n) is 14.3. The number of aryl methyl sites for hydroxylation is 1. The van der Waals surface area contributed by atoms with E-state index in [2.05, 4.69) is 66.3 Å². The summed E-state index contributed by atoms with van der Waals surface area (Å²) in [5.41, 5.74) is 1.55. The third kappa shape index (κ3) is 10.8. The number of carbonyl (C=O) groups is 1. The van der Waals surface area contributed by atoms with Crippen LogP contribution in [-0.4, -0.2) is 50.3 Å². The molecule has 1 unspecified atom stereocenters. The Balaban J connectivity index is 0.00000195. The Kier molecular flexibility index (Phi) is 14.3. The van der Waals surface area contributed by atoms with Crippen molar-refractivity contribution >= 4 is 17.3 Å². The zero-order valence-electron chi connectivity index (χ0n) is 22.9. The zero-order chi connectivity index (χ0) is 26.8. The van der Waals surface area contributed by atoms with Crippen LogP contribution in [0.2, 0.25) is 0 Å². The van der Waals surface area contributed by atoms with Gasteiger partial charge < -0.3 is 9.47 Å². The molecule has 2 fully saturated rings. The Hall–Kier alpha value is -2.39. The summed E-state index contributed by atoms with van der Waals surface area (Å²) in [5, 5.41) is 0. The van der Waals surface area contributed by atoms with Crippen molar-refractivity contribution in [3.8, 4) is 12.8 Å². The van der Waals surface area contributed by atoms with Gasteiger partial charge in [0.25, 0.3) is 0 Å². The summed E-state index contributed by atoms with van der Waals surface area (Å²) in [5.74, 6) is 1.41. The first kappa shape index (κ1) is 30.2. The molecule has 0 spiro atoms. The summed E-state index contributed by atoms with van der Waals surface area (Å²) in [6, 6.07) is 4.06. The Morgan fingerprint density at radius 3 is 2.84 bits per heavy atom. The lowest BCUT2D eigenvalue weighted by Crippen LogP contribution is -2.38. The molecule has 2 aliphatic carbocycles. The molecule has 3 aliphatic rings. The number of rotatable bonds is 13. The fourth-order valence-corrected chi connectivity index (χ4v) is 6.47. The smallest absolute Gasteiger partial charge is 0.348 e. The molecule has 5 heteroatoms. The van der Waals surface area contributed by atoms with Gasteiger partial charge in [0.2, 0.25) is 0 Å². The van der Waals surface area contributed by atoms with E-state index >= 15 is 0 Å². The van der Waals surface area contributed by atoms with Gasteiger partial charge in [0, 0.05) is 24.5 Å². The van der Waals surface area contributed by atoms with Crippen molar-refractivity contribution in [2.75, 3.05) is 39.5 Å². The molecule has 2 atom stereocenters. The van der Waals surface area contributed by atoms with Gasteiger partial charge in [-0.15, -0.1) is 24.2 Å². The largest absolute Gasteiger partial charge is 0.460 e. The number of terminal acetylenes is 1. The number of unbranched alkanes of at least 4 members (excludes halogenated alkanes) is 1. The number of esters is 1. The van der Waals surface area contributed by atoms with E-state index in [1.54, 1.807) is 16.9 Å². The molecule has 1 aromatic rings. The van der Waals surface area contributed by atoms with Gasteiger partial charge in [-0.1, -0.05) is 54.5 Å². The summed E-state index contributed by atoms with van der Waals surface area (Å²) >= 11 is 1.61. The number of hydrogen-bond acceptors (Lipinski definition) is 5. The number of morpholine rings is 1. The lowest BCUT2D eigenvalue weighted by atomic mass is 9.90. The first-order chi connectivity index (χ1) is 18.8. The van der Waals surface area contributed by atoms with Crippen LogP contribution in [0.5, 0.6) is 0 Å². The predicted octanol–water partition coefficient (Wildman–Crippen LogP) is 7.39. The summed E-state index contributed by atoms with van der Waals surface area (Å²) in [4.78, 5) is 16.7. The van der Waals surface area contributed by atoms with Crippen molar-refractivity contribution < 1.29 is 14.3 Å². The first-order valence-corrected chi connectivity index (χ1v) is 15.2. The third-order valence-corrected chi connectivity index (χ3v) is 8.77. The molecule has 1 aliphatic heterocycles. The standard InChI is InChI=1S/C31H43NO3S.C2H2/c33-31(35-25-22-32-20-23-34-24-21-32)30-19-18-29(36-30)17-9-16-28-15-8-14-27(28)13-7-3-6-12-26-10-4-1-2-5-11-26;1-2/h1-2,4-5,7,10,13,18-19,27-28H,3,6,8-9,11-12,14-17,20-25H2;1-2H/b13-7+;/t27?,28-;/m1./s1. The van der Waals surface area contributed by atoms with Crippen molar-refractivity contribution in [2.24, 2.45) is 11.8 Å². The van der Waals surface area contributed by atoms with E-state index < -0.39 is 0 Å². The Morgan fingerprint density at radius 1 is 1.11 bits per heavy atom. The maximum absolute atomic E-state index is 12.4. The molecule has 1 saturated carbocycles. The molecule has 38 heavy (non-hydrogen) atoms. The minimum Gasteiger partial charge on any atom is -0.460 e. The lowest BCUT2D eigenvalue weighted by molar-refractivity contribution is 0.0197. The number of allylic oxidation sites excluding steroid dienone is 8. The van der Waals surface area contributed by atoms with Crippen molar-refractivity contribution in [2.45, 2.75) is 64.2 Å². The van der Waals surface area contributed by atoms with Gasteiger partial charge in [-0.3, -0.25) is 4.90 Å². The number of thiophene rings is 1. The fraction of sp³-hybridized carbons (Fsp3) is 0.545. The molecule has 1 aromatic heterocycles. The van der Waals surface area contributed by atoms with Crippen LogP contribution in [0.3, 0.4) is 0 Å². The second kappa shape index (κ2) is 18.0. The van der Waals surface area contributed by atoms with Crippen LogP contribution in [0.1, 0.15) is 72.3 Å². The number of carbonyl (C=O) groups excluding carboxylic acids is 1. The van der Waals surface area contributed by atoms with Crippen molar-refractivity contribution in [3.05, 3.63) is 70.0 Å². The molecular weight excluding hydrogens is 490 g/mol. The average molecular weight is 536 g/mol. The summed E-state index contributed by atoms with van der Waals surface area (Å²) in [7, 11) is 0. The van der Waals surface area contributed by atoms with Gasteiger partial charge in [0.1, 0.15) is 11.5 Å². The number of nitrogens with zero attached hydrogens (tertiary/aromatic N) is 1. The zero-order valence-corrected chi connectivity index (χ0v) is 23.7. The molecular formula is C33H45NO3S. The molecule has 0 aromatic carbocycles. The molecule has 206 valence electrons. The number of ether oxygens (including phenoxy) is 2. The van der Waals surface area contributed by atoms with E-state index in [1.165, 1.54) is 56.2 Å². The van der Waals surface area contributed by atoms with E-state index in [1.807, 2.05) is 6.07 Å². The molecule has 2 heterocycles. The Labute approximate surface area is 234 Å². The van der Waals surface area contributed by atoms with E-state index in [4.69, 9.17) is 9.47 Å². The van der Waals surface area contributed by atoms with Gasteiger partial charge in [-0.25, -0.2) is 4.79 Å². The van der Waals surface area contributed by atoms with E-state index in [0.29, 0.717) is 6.61 Å². The van der Waals surface area contributed by atoms with Crippen molar-refractivity contribution in [1.29, 1.82) is 0 Å².